The van der Waals surface area contributed by atoms with E-state index >= 15 is 0 Å². The summed E-state index contributed by atoms with van der Waals surface area (Å²) in [6.45, 7) is 4.22. The lowest BCUT2D eigenvalue weighted by atomic mass is 9.96. The number of hydrogen-bond acceptors (Lipinski definition) is 4. The standard InChI is InChI=1S/C12H19N3O2/c1-3-17-12(16)11-7-10(14-15(11)2)9-5-4-6-13-8-9/h7,9,13H,3-6,8H2,1-2H3. The van der Waals surface area contributed by atoms with E-state index in [1.54, 1.807) is 18.7 Å². The summed E-state index contributed by atoms with van der Waals surface area (Å²) in [4.78, 5) is 11.7. The zero-order chi connectivity index (χ0) is 12.3. The number of carbonyl (C=O) groups is 1. The predicted molar refractivity (Wildman–Crippen MR) is 64.0 cm³/mol. The maximum atomic E-state index is 11.7. The second-order valence-electron chi connectivity index (χ2n) is 4.34. The van der Waals surface area contributed by atoms with Crippen molar-refractivity contribution in [3.05, 3.63) is 17.5 Å². The van der Waals surface area contributed by atoms with E-state index in [1.165, 1.54) is 0 Å². The van der Waals surface area contributed by atoms with Gasteiger partial charge in [-0.25, -0.2) is 4.79 Å². The summed E-state index contributed by atoms with van der Waals surface area (Å²) in [5.41, 5.74) is 1.52. The highest BCUT2D eigenvalue weighted by Gasteiger charge is 2.21. The van der Waals surface area contributed by atoms with Crippen molar-refractivity contribution in [2.75, 3.05) is 19.7 Å². The molecular formula is C12H19N3O2. The molecule has 17 heavy (non-hydrogen) atoms. The Morgan fingerprint density at radius 1 is 1.71 bits per heavy atom. The number of aromatic nitrogens is 2. The van der Waals surface area contributed by atoms with E-state index in [2.05, 4.69) is 10.4 Å². The molecule has 1 aromatic rings. The van der Waals surface area contributed by atoms with E-state index in [0.29, 0.717) is 18.2 Å². The van der Waals surface area contributed by atoms with Crippen LogP contribution in [-0.2, 0) is 11.8 Å². The van der Waals surface area contributed by atoms with E-state index in [-0.39, 0.29) is 5.97 Å². The second kappa shape index (κ2) is 5.31. The van der Waals surface area contributed by atoms with Crippen molar-refractivity contribution >= 4 is 5.97 Å². The van der Waals surface area contributed by atoms with Gasteiger partial charge in [0.25, 0.3) is 0 Å². The highest BCUT2D eigenvalue weighted by molar-refractivity contribution is 5.87. The maximum Gasteiger partial charge on any atom is 0.356 e. The molecule has 0 aliphatic carbocycles. The first-order valence-corrected chi connectivity index (χ1v) is 6.14. The van der Waals surface area contributed by atoms with Crippen molar-refractivity contribution in [1.29, 1.82) is 0 Å². The van der Waals surface area contributed by atoms with Gasteiger partial charge in [0.15, 0.2) is 0 Å². The Bertz CT molecular complexity index is 394. The fraction of sp³-hybridized carbons (Fsp3) is 0.667. The molecule has 94 valence electrons. The molecule has 1 N–H and O–H groups in total. The monoisotopic (exact) mass is 237 g/mol. The minimum Gasteiger partial charge on any atom is -0.461 e. The molecule has 0 spiro atoms. The van der Waals surface area contributed by atoms with Crippen LogP contribution in [0.15, 0.2) is 6.07 Å². The Labute approximate surface area is 101 Å². The average Bonchev–Trinajstić information content (AvgIpc) is 2.73. The first-order chi connectivity index (χ1) is 8.22. The van der Waals surface area contributed by atoms with Crippen LogP contribution in [0.3, 0.4) is 0 Å². The quantitative estimate of drug-likeness (QED) is 0.799. The topological polar surface area (TPSA) is 56.1 Å². The summed E-state index contributed by atoms with van der Waals surface area (Å²) in [5, 5.41) is 7.76. The van der Waals surface area contributed by atoms with Gasteiger partial charge in [-0.1, -0.05) is 0 Å². The lowest BCUT2D eigenvalue weighted by Gasteiger charge is -2.20. The Kier molecular flexibility index (Phi) is 3.78. The van der Waals surface area contributed by atoms with E-state index in [0.717, 1.165) is 31.6 Å². The van der Waals surface area contributed by atoms with Crippen LogP contribution in [0.4, 0.5) is 0 Å². The van der Waals surface area contributed by atoms with E-state index in [1.807, 2.05) is 6.07 Å². The third kappa shape index (κ3) is 2.66. The largest absolute Gasteiger partial charge is 0.461 e. The van der Waals surface area contributed by atoms with Crippen LogP contribution in [0, 0.1) is 0 Å². The molecule has 1 fully saturated rings. The number of piperidine rings is 1. The summed E-state index contributed by atoms with van der Waals surface area (Å²) in [5.74, 6) is 0.121. The molecule has 1 aliphatic heterocycles. The van der Waals surface area contributed by atoms with E-state index < -0.39 is 0 Å². The smallest absolute Gasteiger partial charge is 0.356 e. The Hall–Kier alpha value is -1.36. The molecule has 2 rings (SSSR count). The highest BCUT2D eigenvalue weighted by atomic mass is 16.5. The molecule has 1 saturated heterocycles. The third-order valence-corrected chi connectivity index (χ3v) is 3.10. The first-order valence-electron chi connectivity index (χ1n) is 6.14. The molecule has 1 unspecified atom stereocenters. The van der Waals surface area contributed by atoms with E-state index in [9.17, 15) is 4.79 Å². The Morgan fingerprint density at radius 2 is 2.53 bits per heavy atom. The van der Waals surface area contributed by atoms with Crippen molar-refractivity contribution in [3.8, 4) is 0 Å². The molecule has 0 aromatic carbocycles. The van der Waals surface area contributed by atoms with Crippen molar-refractivity contribution < 1.29 is 9.53 Å². The average molecular weight is 237 g/mol. The van der Waals surface area contributed by atoms with Crippen molar-refractivity contribution in [2.45, 2.75) is 25.7 Å². The van der Waals surface area contributed by atoms with Crippen molar-refractivity contribution in [1.82, 2.24) is 15.1 Å². The zero-order valence-corrected chi connectivity index (χ0v) is 10.4. The van der Waals surface area contributed by atoms with Crippen molar-refractivity contribution in [2.24, 2.45) is 7.05 Å². The fourth-order valence-electron chi connectivity index (χ4n) is 2.19. The second-order valence-corrected chi connectivity index (χ2v) is 4.34. The molecule has 0 amide bonds. The number of nitrogens with zero attached hydrogens (tertiary/aromatic N) is 2. The minimum atomic E-state index is -0.294. The Balaban J connectivity index is 2.14. The van der Waals surface area contributed by atoms with Crippen LogP contribution >= 0.6 is 0 Å². The van der Waals surface area contributed by atoms with Gasteiger partial charge in [-0.2, -0.15) is 5.10 Å². The van der Waals surface area contributed by atoms with Gasteiger partial charge < -0.3 is 10.1 Å². The van der Waals surface area contributed by atoms with Crippen LogP contribution in [-0.4, -0.2) is 35.4 Å². The van der Waals surface area contributed by atoms with Gasteiger partial charge in [0, 0.05) is 19.5 Å². The molecule has 5 heteroatoms. The molecule has 0 saturated carbocycles. The SMILES string of the molecule is CCOC(=O)c1cc(C2CCCNC2)nn1C. The number of aryl methyl sites for hydroxylation is 1. The number of esters is 1. The number of nitrogens with one attached hydrogen (secondary N) is 1. The summed E-state index contributed by atoms with van der Waals surface area (Å²) in [7, 11) is 1.78. The first kappa shape index (κ1) is 12.1. The lowest BCUT2D eigenvalue weighted by Crippen LogP contribution is -2.28. The lowest BCUT2D eigenvalue weighted by molar-refractivity contribution is 0.0513. The molecule has 2 heterocycles. The highest BCUT2D eigenvalue weighted by Crippen LogP contribution is 2.22. The molecule has 5 nitrogen and oxygen atoms in total. The summed E-state index contributed by atoms with van der Waals surface area (Å²) in [6.07, 6.45) is 2.29. The van der Waals surface area contributed by atoms with Gasteiger partial charge in [-0.05, 0) is 32.4 Å². The molecule has 1 aliphatic rings. The number of ether oxygens (including phenoxy) is 1. The van der Waals surface area contributed by atoms with Crippen LogP contribution in [0.25, 0.3) is 0 Å². The summed E-state index contributed by atoms with van der Waals surface area (Å²) >= 11 is 0. The molecule has 1 atom stereocenters. The maximum absolute atomic E-state index is 11.7. The summed E-state index contributed by atoms with van der Waals surface area (Å²) in [6, 6.07) is 1.86. The predicted octanol–water partition coefficient (Wildman–Crippen LogP) is 1.06. The minimum absolute atomic E-state index is 0.294. The summed E-state index contributed by atoms with van der Waals surface area (Å²) < 4.78 is 6.61. The molecule has 0 radical (unpaired) electrons. The van der Waals surface area contributed by atoms with Crippen LogP contribution in [0.2, 0.25) is 0 Å². The Morgan fingerprint density at radius 3 is 3.18 bits per heavy atom. The zero-order valence-electron chi connectivity index (χ0n) is 10.4. The van der Waals surface area contributed by atoms with Gasteiger partial charge in [0.05, 0.1) is 12.3 Å². The van der Waals surface area contributed by atoms with Gasteiger partial charge in [0.2, 0.25) is 0 Å². The van der Waals surface area contributed by atoms with Crippen LogP contribution in [0.1, 0.15) is 41.9 Å². The van der Waals surface area contributed by atoms with Crippen LogP contribution in [0.5, 0.6) is 0 Å². The normalized spacial score (nSPS) is 20.2. The fourth-order valence-corrected chi connectivity index (χ4v) is 2.19. The van der Waals surface area contributed by atoms with Gasteiger partial charge >= 0.3 is 5.97 Å². The van der Waals surface area contributed by atoms with Gasteiger partial charge in [-0.3, -0.25) is 4.68 Å². The van der Waals surface area contributed by atoms with Gasteiger partial charge in [0.1, 0.15) is 5.69 Å². The molecular weight excluding hydrogens is 218 g/mol. The molecule has 1 aromatic heterocycles. The van der Waals surface area contributed by atoms with Crippen molar-refractivity contribution in [3.63, 3.8) is 0 Å². The third-order valence-electron chi connectivity index (χ3n) is 3.10. The van der Waals surface area contributed by atoms with Crippen LogP contribution < -0.4 is 5.32 Å². The number of carbonyl (C=O) groups excluding carboxylic acids is 1. The number of rotatable bonds is 3. The molecule has 0 bridgehead atoms. The number of hydrogen-bond donors (Lipinski definition) is 1. The van der Waals surface area contributed by atoms with Gasteiger partial charge in [-0.15, -0.1) is 0 Å². The van der Waals surface area contributed by atoms with E-state index in [4.69, 9.17) is 4.74 Å².